The minimum Gasteiger partial charge on any atom is -0.328 e. The van der Waals surface area contributed by atoms with Crippen molar-refractivity contribution in [2.45, 2.75) is 19.8 Å². The fourth-order valence-corrected chi connectivity index (χ4v) is 1.34. The summed E-state index contributed by atoms with van der Waals surface area (Å²) in [6, 6.07) is 8.73. The van der Waals surface area contributed by atoms with Crippen molar-refractivity contribution in [2.24, 2.45) is 0 Å². The zero-order valence-electron chi connectivity index (χ0n) is 10.2. The molecule has 2 amide bonds. The Labute approximate surface area is 102 Å². The van der Waals surface area contributed by atoms with Crippen molar-refractivity contribution in [1.29, 1.82) is 5.26 Å². The summed E-state index contributed by atoms with van der Waals surface area (Å²) in [6.07, 6.45) is 2.06. The lowest BCUT2D eigenvalue weighted by Crippen LogP contribution is -2.32. The number of benzene rings is 1. The van der Waals surface area contributed by atoms with E-state index in [0.717, 1.165) is 19.4 Å². The van der Waals surface area contributed by atoms with Gasteiger partial charge in [-0.25, -0.2) is 4.79 Å². The lowest BCUT2D eigenvalue weighted by Gasteiger charge is -2.17. The Kier molecular flexibility index (Phi) is 5.02. The number of nitrogens with one attached hydrogen (secondary N) is 1. The maximum absolute atomic E-state index is 11.7. The molecule has 0 heterocycles. The molecule has 0 unspecified atom stereocenters. The molecule has 4 nitrogen and oxygen atoms in total. The van der Waals surface area contributed by atoms with Crippen LogP contribution in [0.15, 0.2) is 24.3 Å². The summed E-state index contributed by atoms with van der Waals surface area (Å²) in [5.74, 6) is 0. The Hall–Kier alpha value is -2.02. The quantitative estimate of drug-likeness (QED) is 0.866. The average molecular weight is 231 g/mol. The van der Waals surface area contributed by atoms with Crippen molar-refractivity contribution in [3.8, 4) is 6.07 Å². The molecule has 0 saturated heterocycles. The van der Waals surface area contributed by atoms with Crippen LogP contribution in [0.5, 0.6) is 0 Å². The molecular weight excluding hydrogens is 214 g/mol. The molecule has 0 bridgehead atoms. The molecule has 1 aromatic rings. The second-order valence-electron chi connectivity index (χ2n) is 3.89. The van der Waals surface area contributed by atoms with Crippen molar-refractivity contribution in [2.75, 3.05) is 18.9 Å². The highest BCUT2D eigenvalue weighted by Gasteiger charge is 2.07. The van der Waals surface area contributed by atoms with Crippen LogP contribution in [0.4, 0.5) is 10.5 Å². The normalized spacial score (nSPS) is 9.47. The van der Waals surface area contributed by atoms with Crippen LogP contribution in [0, 0.1) is 11.3 Å². The van der Waals surface area contributed by atoms with Gasteiger partial charge >= 0.3 is 6.03 Å². The fraction of sp³-hybridized carbons (Fsp3) is 0.385. The van der Waals surface area contributed by atoms with Gasteiger partial charge in [0.2, 0.25) is 0 Å². The number of amides is 2. The topological polar surface area (TPSA) is 56.1 Å². The first-order valence-corrected chi connectivity index (χ1v) is 5.69. The molecule has 0 aromatic heterocycles. The number of carbonyl (C=O) groups excluding carboxylic acids is 1. The van der Waals surface area contributed by atoms with Gasteiger partial charge in [0.05, 0.1) is 11.6 Å². The molecule has 0 atom stereocenters. The number of hydrogen-bond acceptors (Lipinski definition) is 2. The molecule has 0 radical (unpaired) electrons. The summed E-state index contributed by atoms with van der Waals surface area (Å²) >= 11 is 0. The third kappa shape index (κ3) is 4.15. The molecule has 1 aromatic carbocycles. The lowest BCUT2D eigenvalue weighted by molar-refractivity contribution is 0.222. The highest BCUT2D eigenvalue weighted by atomic mass is 16.2. The van der Waals surface area contributed by atoms with E-state index in [-0.39, 0.29) is 6.03 Å². The second-order valence-corrected chi connectivity index (χ2v) is 3.89. The van der Waals surface area contributed by atoms with E-state index in [9.17, 15) is 4.79 Å². The molecule has 90 valence electrons. The number of anilines is 1. The van der Waals surface area contributed by atoms with Crippen molar-refractivity contribution >= 4 is 11.7 Å². The molecule has 0 aliphatic heterocycles. The number of carbonyl (C=O) groups is 1. The predicted molar refractivity (Wildman–Crippen MR) is 67.7 cm³/mol. The summed E-state index contributed by atoms with van der Waals surface area (Å²) in [4.78, 5) is 13.4. The third-order valence-electron chi connectivity index (χ3n) is 2.46. The minimum atomic E-state index is -0.122. The molecule has 1 N–H and O–H groups in total. The minimum absolute atomic E-state index is 0.122. The van der Waals surface area contributed by atoms with E-state index in [1.165, 1.54) is 0 Å². The summed E-state index contributed by atoms with van der Waals surface area (Å²) in [7, 11) is 1.77. The first kappa shape index (κ1) is 13.0. The molecule has 0 fully saturated rings. The molecule has 4 heteroatoms. The average Bonchev–Trinajstić information content (AvgIpc) is 2.36. The molecule has 0 aliphatic rings. The van der Waals surface area contributed by atoms with Crippen LogP contribution in [0.2, 0.25) is 0 Å². The van der Waals surface area contributed by atoms with Gasteiger partial charge in [-0.15, -0.1) is 0 Å². The number of hydrogen-bond donors (Lipinski definition) is 1. The van der Waals surface area contributed by atoms with Crippen LogP contribution in [0.25, 0.3) is 0 Å². The second kappa shape index (κ2) is 6.54. The summed E-state index contributed by atoms with van der Waals surface area (Å²) in [6.45, 7) is 2.84. The monoisotopic (exact) mass is 231 g/mol. The number of nitrogens with zero attached hydrogens (tertiary/aromatic N) is 2. The van der Waals surface area contributed by atoms with Gasteiger partial charge in [-0.05, 0) is 30.7 Å². The molecular formula is C13H17N3O. The molecule has 0 saturated carbocycles. The van der Waals surface area contributed by atoms with Gasteiger partial charge in [0.15, 0.2) is 0 Å². The van der Waals surface area contributed by atoms with Gasteiger partial charge in [0.25, 0.3) is 0 Å². The molecule has 17 heavy (non-hydrogen) atoms. The van der Waals surface area contributed by atoms with Crippen molar-refractivity contribution in [3.63, 3.8) is 0 Å². The maximum Gasteiger partial charge on any atom is 0.321 e. The molecule has 0 spiro atoms. The van der Waals surface area contributed by atoms with Gasteiger partial charge in [-0.3, -0.25) is 0 Å². The summed E-state index contributed by atoms with van der Waals surface area (Å²) in [5, 5.41) is 11.4. The van der Waals surface area contributed by atoms with Crippen LogP contribution in [-0.2, 0) is 0 Å². The van der Waals surface area contributed by atoms with Crippen LogP contribution < -0.4 is 5.32 Å². The Balaban J connectivity index is 2.52. The Morgan fingerprint density at radius 3 is 2.59 bits per heavy atom. The van der Waals surface area contributed by atoms with E-state index in [2.05, 4.69) is 12.2 Å². The summed E-state index contributed by atoms with van der Waals surface area (Å²) < 4.78 is 0. The largest absolute Gasteiger partial charge is 0.328 e. The zero-order chi connectivity index (χ0) is 12.7. The highest BCUT2D eigenvalue weighted by molar-refractivity contribution is 5.89. The standard InChI is InChI=1S/C13H17N3O/c1-3-4-9-16(2)13(17)15-12-7-5-11(10-14)6-8-12/h5-8H,3-4,9H2,1-2H3,(H,15,17). The third-order valence-corrected chi connectivity index (χ3v) is 2.46. The van der Waals surface area contributed by atoms with Crippen LogP contribution in [0.1, 0.15) is 25.3 Å². The van der Waals surface area contributed by atoms with Gasteiger partial charge < -0.3 is 10.2 Å². The van der Waals surface area contributed by atoms with Gasteiger partial charge in [-0.1, -0.05) is 13.3 Å². The van der Waals surface area contributed by atoms with E-state index in [0.29, 0.717) is 11.3 Å². The van der Waals surface area contributed by atoms with Gasteiger partial charge in [0, 0.05) is 19.3 Å². The van der Waals surface area contributed by atoms with Crippen molar-refractivity contribution < 1.29 is 4.79 Å². The molecule has 1 rings (SSSR count). The highest BCUT2D eigenvalue weighted by Crippen LogP contribution is 2.09. The van der Waals surface area contributed by atoms with Gasteiger partial charge in [0.1, 0.15) is 0 Å². The smallest absolute Gasteiger partial charge is 0.321 e. The predicted octanol–water partition coefficient (Wildman–Crippen LogP) is 2.82. The van der Waals surface area contributed by atoms with Crippen LogP contribution in [0.3, 0.4) is 0 Å². The Bertz CT molecular complexity index is 406. The van der Waals surface area contributed by atoms with E-state index in [1.807, 2.05) is 6.07 Å². The first-order chi connectivity index (χ1) is 8.17. The van der Waals surface area contributed by atoms with E-state index in [4.69, 9.17) is 5.26 Å². The van der Waals surface area contributed by atoms with Crippen molar-refractivity contribution in [3.05, 3.63) is 29.8 Å². The van der Waals surface area contributed by atoms with Gasteiger partial charge in [-0.2, -0.15) is 5.26 Å². The SMILES string of the molecule is CCCCN(C)C(=O)Nc1ccc(C#N)cc1. The van der Waals surface area contributed by atoms with Crippen molar-refractivity contribution in [1.82, 2.24) is 4.90 Å². The fourth-order valence-electron chi connectivity index (χ4n) is 1.34. The summed E-state index contributed by atoms with van der Waals surface area (Å²) in [5.41, 5.74) is 1.29. The number of urea groups is 1. The maximum atomic E-state index is 11.7. The Morgan fingerprint density at radius 1 is 1.41 bits per heavy atom. The first-order valence-electron chi connectivity index (χ1n) is 5.69. The number of rotatable bonds is 4. The molecule has 0 aliphatic carbocycles. The van der Waals surface area contributed by atoms with E-state index in [1.54, 1.807) is 36.2 Å². The number of nitriles is 1. The van der Waals surface area contributed by atoms with Crippen LogP contribution >= 0.6 is 0 Å². The van der Waals surface area contributed by atoms with E-state index >= 15 is 0 Å². The number of unbranched alkanes of at least 4 members (excludes halogenated alkanes) is 1. The lowest BCUT2D eigenvalue weighted by atomic mass is 10.2. The zero-order valence-corrected chi connectivity index (χ0v) is 10.2. The van der Waals surface area contributed by atoms with Crippen LogP contribution in [-0.4, -0.2) is 24.5 Å². The Morgan fingerprint density at radius 2 is 2.06 bits per heavy atom. The van der Waals surface area contributed by atoms with E-state index < -0.39 is 0 Å².